The van der Waals surface area contributed by atoms with Crippen molar-refractivity contribution in [1.82, 2.24) is 15.1 Å². The number of hydrogen-bond donors (Lipinski definition) is 1. The van der Waals surface area contributed by atoms with Gasteiger partial charge in [0, 0.05) is 17.7 Å². The molecular weight excluding hydrogens is 352 g/mol. The molecule has 1 N–H and O–H groups in total. The van der Waals surface area contributed by atoms with Gasteiger partial charge in [0.2, 0.25) is 5.91 Å². The Morgan fingerprint density at radius 3 is 2.71 bits per heavy atom. The number of aryl methyl sites for hydroxylation is 2. The van der Waals surface area contributed by atoms with Crippen LogP contribution in [0.1, 0.15) is 36.2 Å². The number of nitrogens with one attached hydrogen (secondary N) is 1. The van der Waals surface area contributed by atoms with Crippen LogP contribution in [0, 0.1) is 13.8 Å². The molecule has 140 valence electrons. The van der Waals surface area contributed by atoms with E-state index >= 15 is 0 Å². The molecule has 1 fully saturated rings. The number of H-pyrrole nitrogens is 1. The van der Waals surface area contributed by atoms with Gasteiger partial charge < -0.3 is 14.4 Å². The third-order valence-corrected chi connectivity index (χ3v) is 5.38. The fraction of sp³-hybridized carbons (Fsp3) is 0.227. The second kappa shape index (κ2) is 6.34. The van der Waals surface area contributed by atoms with Crippen LogP contribution in [0.5, 0.6) is 0 Å². The maximum atomic E-state index is 12.5. The van der Waals surface area contributed by atoms with E-state index in [0.717, 1.165) is 51.5 Å². The minimum absolute atomic E-state index is 0.0789. The van der Waals surface area contributed by atoms with Crippen LogP contribution in [-0.2, 0) is 4.79 Å². The van der Waals surface area contributed by atoms with Gasteiger partial charge in [-0.3, -0.25) is 4.79 Å². The van der Waals surface area contributed by atoms with Crippen molar-refractivity contribution in [2.45, 2.75) is 32.7 Å². The first-order valence-electron chi connectivity index (χ1n) is 9.42. The zero-order chi connectivity index (χ0) is 19.3. The van der Waals surface area contributed by atoms with E-state index in [2.05, 4.69) is 16.2 Å². The highest BCUT2D eigenvalue weighted by Gasteiger charge is 2.35. The maximum absolute atomic E-state index is 12.5. The van der Waals surface area contributed by atoms with Crippen LogP contribution < -0.4 is 4.90 Å². The molecule has 4 aromatic rings. The highest BCUT2D eigenvalue weighted by atomic mass is 16.5. The number of fused-ring (bicyclic) bond motifs is 1. The van der Waals surface area contributed by atoms with Crippen molar-refractivity contribution in [2.24, 2.45) is 0 Å². The molecule has 1 amide bonds. The quantitative estimate of drug-likeness (QED) is 0.565. The van der Waals surface area contributed by atoms with Crippen LogP contribution in [0.25, 0.3) is 22.2 Å². The van der Waals surface area contributed by atoms with Gasteiger partial charge in [0.15, 0.2) is 0 Å². The number of rotatable bonds is 3. The molecule has 1 aliphatic rings. The Bertz CT molecular complexity index is 1160. The molecule has 3 heterocycles. The van der Waals surface area contributed by atoms with E-state index in [1.807, 2.05) is 61.2 Å². The van der Waals surface area contributed by atoms with Gasteiger partial charge in [-0.1, -0.05) is 29.4 Å². The second-order valence-electron chi connectivity index (χ2n) is 7.21. The number of amides is 1. The van der Waals surface area contributed by atoms with Gasteiger partial charge in [-0.25, -0.2) is 4.98 Å². The standard InChI is InChI=1S/C22H20N4O2/c1-13-21(14(2)28-25-13)15-8-9-17-18(12-15)24-22(23-17)19-10-11-20(27)26(19)16-6-4-3-5-7-16/h3-9,12,19H,10-11H2,1-2H3,(H,23,24). The van der Waals surface area contributed by atoms with E-state index in [1.54, 1.807) is 0 Å². The van der Waals surface area contributed by atoms with Gasteiger partial charge in [-0.2, -0.15) is 0 Å². The first kappa shape index (κ1) is 16.7. The van der Waals surface area contributed by atoms with Crippen molar-refractivity contribution in [1.29, 1.82) is 0 Å². The summed E-state index contributed by atoms with van der Waals surface area (Å²) in [5, 5.41) is 4.05. The summed E-state index contributed by atoms with van der Waals surface area (Å²) in [5.41, 5.74) is 5.67. The van der Waals surface area contributed by atoms with Gasteiger partial charge in [0.1, 0.15) is 11.6 Å². The van der Waals surface area contributed by atoms with E-state index in [9.17, 15) is 4.79 Å². The Morgan fingerprint density at radius 1 is 1.14 bits per heavy atom. The average Bonchev–Trinajstić information content (AvgIpc) is 3.38. The zero-order valence-electron chi connectivity index (χ0n) is 15.8. The summed E-state index contributed by atoms with van der Waals surface area (Å²) < 4.78 is 5.30. The van der Waals surface area contributed by atoms with Crippen molar-refractivity contribution < 1.29 is 9.32 Å². The van der Waals surface area contributed by atoms with E-state index < -0.39 is 0 Å². The molecule has 2 aromatic heterocycles. The number of anilines is 1. The molecule has 6 nitrogen and oxygen atoms in total. The molecule has 0 bridgehead atoms. The summed E-state index contributed by atoms with van der Waals surface area (Å²) in [4.78, 5) is 22.6. The molecule has 0 aliphatic carbocycles. The Balaban J connectivity index is 1.56. The first-order valence-corrected chi connectivity index (χ1v) is 9.42. The number of nitrogens with zero attached hydrogens (tertiary/aromatic N) is 3. The monoisotopic (exact) mass is 372 g/mol. The lowest BCUT2D eigenvalue weighted by Crippen LogP contribution is -2.27. The van der Waals surface area contributed by atoms with Crippen molar-refractivity contribution in [3.8, 4) is 11.1 Å². The summed E-state index contributed by atoms with van der Waals surface area (Å²) in [7, 11) is 0. The minimum Gasteiger partial charge on any atom is -0.361 e. The Hall–Kier alpha value is -3.41. The summed E-state index contributed by atoms with van der Waals surface area (Å²) in [5.74, 6) is 1.75. The van der Waals surface area contributed by atoms with Crippen LogP contribution in [0.15, 0.2) is 53.1 Å². The van der Waals surface area contributed by atoms with Crippen molar-refractivity contribution in [3.63, 3.8) is 0 Å². The molecule has 1 saturated heterocycles. The number of carbonyl (C=O) groups is 1. The summed E-state index contributed by atoms with van der Waals surface area (Å²) in [6.07, 6.45) is 1.28. The van der Waals surface area contributed by atoms with Gasteiger partial charge in [0.05, 0.1) is 22.8 Å². The van der Waals surface area contributed by atoms with Gasteiger partial charge in [-0.15, -0.1) is 0 Å². The summed E-state index contributed by atoms with van der Waals surface area (Å²) >= 11 is 0. The number of imidazole rings is 1. The topological polar surface area (TPSA) is 75.0 Å². The fourth-order valence-corrected chi connectivity index (χ4v) is 4.09. The summed E-state index contributed by atoms with van der Waals surface area (Å²) in [6.45, 7) is 3.86. The summed E-state index contributed by atoms with van der Waals surface area (Å²) in [6, 6.07) is 15.8. The molecule has 0 radical (unpaired) electrons. The number of aromatic amines is 1. The van der Waals surface area contributed by atoms with Crippen molar-refractivity contribution in [3.05, 3.63) is 65.8 Å². The molecule has 0 spiro atoms. The lowest BCUT2D eigenvalue weighted by Gasteiger charge is -2.23. The van der Waals surface area contributed by atoms with E-state index in [0.29, 0.717) is 6.42 Å². The van der Waals surface area contributed by atoms with Crippen LogP contribution in [-0.4, -0.2) is 21.0 Å². The molecular formula is C22H20N4O2. The van der Waals surface area contributed by atoms with Crippen molar-refractivity contribution in [2.75, 3.05) is 4.90 Å². The molecule has 5 rings (SSSR count). The van der Waals surface area contributed by atoms with Crippen LogP contribution in [0.2, 0.25) is 0 Å². The predicted molar refractivity (Wildman–Crippen MR) is 107 cm³/mol. The number of aromatic nitrogens is 3. The molecule has 2 aromatic carbocycles. The Kier molecular flexibility index (Phi) is 3.79. The molecule has 28 heavy (non-hydrogen) atoms. The molecule has 6 heteroatoms. The third-order valence-electron chi connectivity index (χ3n) is 5.38. The molecule has 1 atom stereocenters. The van der Waals surface area contributed by atoms with Gasteiger partial charge in [-0.05, 0) is 50.1 Å². The first-order chi connectivity index (χ1) is 13.6. The fourth-order valence-electron chi connectivity index (χ4n) is 4.09. The van der Waals surface area contributed by atoms with Crippen LogP contribution in [0.3, 0.4) is 0 Å². The molecule has 1 unspecified atom stereocenters. The van der Waals surface area contributed by atoms with E-state index in [4.69, 9.17) is 9.51 Å². The smallest absolute Gasteiger partial charge is 0.227 e. The maximum Gasteiger partial charge on any atom is 0.227 e. The van der Waals surface area contributed by atoms with Gasteiger partial charge in [0.25, 0.3) is 0 Å². The largest absolute Gasteiger partial charge is 0.361 e. The SMILES string of the molecule is Cc1noc(C)c1-c1ccc2nc(C3CCC(=O)N3c3ccccc3)[nH]c2c1. The third kappa shape index (κ3) is 2.60. The van der Waals surface area contributed by atoms with E-state index in [-0.39, 0.29) is 11.9 Å². The van der Waals surface area contributed by atoms with E-state index in [1.165, 1.54) is 0 Å². The minimum atomic E-state index is -0.0789. The number of para-hydroxylation sites is 1. The van der Waals surface area contributed by atoms with Crippen molar-refractivity contribution >= 4 is 22.6 Å². The predicted octanol–water partition coefficient (Wildman–Crippen LogP) is 4.70. The number of carbonyl (C=O) groups excluding carboxylic acids is 1. The highest BCUT2D eigenvalue weighted by Crippen LogP contribution is 2.37. The number of benzene rings is 2. The lowest BCUT2D eigenvalue weighted by molar-refractivity contribution is -0.117. The average molecular weight is 372 g/mol. The Labute approximate surface area is 162 Å². The number of hydrogen-bond acceptors (Lipinski definition) is 4. The zero-order valence-corrected chi connectivity index (χ0v) is 15.8. The van der Waals surface area contributed by atoms with Crippen LogP contribution >= 0.6 is 0 Å². The highest BCUT2D eigenvalue weighted by molar-refractivity contribution is 5.96. The second-order valence-corrected chi connectivity index (χ2v) is 7.21. The normalized spacial score (nSPS) is 17.0. The van der Waals surface area contributed by atoms with Crippen LogP contribution in [0.4, 0.5) is 5.69 Å². The van der Waals surface area contributed by atoms with Gasteiger partial charge >= 0.3 is 0 Å². The molecule has 0 saturated carbocycles. The Morgan fingerprint density at radius 2 is 1.96 bits per heavy atom. The molecule has 1 aliphatic heterocycles. The lowest BCUT2D eigenvalue weighted by atomic mass is 10.0.